The topological polar surface area (TPSA) is 72.5 Å². The molecule has 152 valence electrons. The van der Waals surface area contributed by atoms with E-state index in [9.17, 15) is 14.4 Å². The molecule has 0 bridgehead atoms. The van der Waals surface area contributed by atoms with Gasteiger partial charge >= 0.3 is 5.97 Å². The number of hydrogen-bond donors (Lipinski definition) is 1. The van der Waals surface area contributed by atoms with Crippen LogP contribution in [0.25, 0.3) is 0 Å². The lowest BCUT2D eigenvalue weighted by Crippen LogP contribution is -2.38. The third-order valence-electron chi connectivity index (χ3n) is 5.23. The molecule has 0 saturated heterocycles. The fourth-order valence-corrected chi connectivity index (χ4v) is 3.68. The van der Waals surface area contributed by atoms with Crippen molar-refractivity contribution >= 4 is 17.7 Å². The number of hydrogen-bond acceptors (Lipinski definition) is 4. The fraction of sp³-hybridized carbons (Fsp3) is 0.375. The molecule has 1 saturated carbocycles. The van der Waals surface area contributed by atoms with Gasteiger partial charge in [-0.1, -0.05) is 80.6 Å². The van der Waals surface area contributed by atoms with E-state index in [0.717, 1.165) is 25.7 Å². The van der Waals surface area contributed by atoms with E-state index in [1.54, 1.807) is 48.5 Å². The van der Waals surface area contributed by atoms with E-state index in [4.69, 9.17) is 4.74 Å². The van der Waals surface area contributed by atoms with Crippen molar-refractivity contribution in [2.24, 2.45) is 0 Å². The first-order chi connectivity index (χ1) is 14.1. The molecule has 0 unspecified atom stereocenters. The van der Waals surface area contributed by atoms with Gasteiger partial charge < -0.3 is 10.1 Å². The quantitative estimate of drug-likeness (QED) is 0.587. The Morgan fingerprint density at radius 2 is 1.38 bits per heavy atom. The van der Waals surface area contributed by atoms with E-state index in [-0.39, 0.29) is 35.5 Å². The Labute approximate surface area is 171 Å². The summed E-state index contributed by atoms with van der Waals surface area (Å²) in [5, 5.41) is 2.97. The normalized spacial score (nSPS) is 15.0. The molecule has 5 heteroatoms. The SMILES string of the molecule is O=C(COC(=O)c1ccccc1C(=O)c1ccccc1)NC1CCCCCCC1. The molecule has 0 spiro atoms. The predicted octanol–water partition coefficient (Wildman–Crippen LogP) is 4.30. The lowest BCUT2D eigenvalue weighted by Gasteiger charge is -2.21. The highest BCUT2D eigenvalue weighted by Gasteiger charge is 2.20. The van der Waals surface area contributed by atoms with Gasteiger partial charge in [0, 0.05) is 17.2 Å². The standard InChI is InChI=1S/C24H27NO4/c26-22(25-19-13-7-2-1-3-8-14-19)17-29-24(28)21-16-10-9-15-20(21)23(27)18-11-5-4-6-12-18/h4-6,9-12,15-16,19H,1-3,7-8,13-14,17H2,(H,25,26). The minimum Gasteiger partial charge on any atom is -0.452 e. The van der Waals surface area contributed by atoms with Crippen LogP contribution < -0.4 is 5.32 Å². The first-order valence-electron chi connectivity index (χ1n) is 10.3. The maximum Gasteiger partial charge on any atom is 0.339 e. The number of benzene rings is 2. The van der Waals surface area contributed by atoms with Gasteiger partial charge in [0.2, 0.25) is 0 Å². The second-order valence-electron chi connectivity index (χ2n) is 7.43. The number of esters is 1. The van der Waals surface area contributed by atoms with Crippen LogP contribution in [0.15, 0.2) is 54.6 Å². The molecule has 1 amide bonds. The van der Waals surface area contributed by atoms with Crippen molar-refractivity contribution in [1.82, 2.24) is 5.32 Å². The molecule has 3 rings (SSSR count). The zero-order valence-corrected chi connectivity index (χ0v) is 16.6. The smallest absolute Gasteiger partial charge is 0.339 e. The van der Waals surface area contributed by atoms with Crippen LogP contribution in [0.5, 0.6) is 0 Å². The number of rotatable bonds is 6. The Morgan fingerprint density at radius 1 is 0.793 bits per heavy atom. The molecule has 2 aromatic rings. The van der Waals surface area contributed by atoms with E-state index in [1.807, 2.05) is 6.07 Å². The Kier molecular flexibility index (Phi) is 7.56. The molecular formula is C24H27NO4. The molecule has 0 aromatic heterocycles. The molecule has 0 aliphatic heterocycles. The Bertz CT molecular complexity index is 839. The highest BCUT2D eigenvalue weighted by Crippen LogP contribution is 2.18. The molecule has 2 aromatic carbocycles. The van der Waals surface area contributed by atoms with Gasteiger partial charge in [-0.05, 0) is 18.9 Å². The van der Waals surface area contributed by atoms with Crippen LogP contribution in [0.1, 0.15) is 71.2 Å². The average Bonchev–Trinajstić information content (AvgIpc) is 2.74. The summed E-state index contributed by atoms with van der Waals surface area (Å²) in [6.07, 6.45) is 7.82. The van der Waals surface area contributed by atoms with E-state index in [0.29, 0.717) is 5.56 Å². The molecule has 0 atom stereocenters. The van der Waals surface area contributed by atoms with Crippen molar-refractivity contribution in [3.8, 4) is 0 Å². The summed E-state index contributed by atoms with van der Waals surface area (Å²) in [5.74, 6) is -1.22. The van der Waals surface area contributed by atoms with Gasteiger partial charge in [-0.15, -0.1) is 0 Å². The van der Waals surface area contributed by atoms with Gasteiger partial charge in [-0.3, -0.25) is 9.59 Å². The minimum absolute atomic E-state index is 0.147. The van der Waals surface area contributed by atoms with Gasteiger partial charge in [-0.25, -0.2) is 4.79 Å². The Morgan fingerprint density at radius 3 is 2.07 bits per heavy atom. The van der Waals surface area contributed by atoms with Crippen molar-refractivity contribution in [3.63, 3.8) is 0 Å². The molecule has 0 heterocycles. The van der Waals surface area contributed by atoms with Crippen molar-refractivity contribution in [3.05, 3.63) is 71.3 Å². The summed E-state index contributed by atoms with van der Waals surface area (Å²) in [5.41, 5.74) is 0.930. The number of ketones is 1. The Hall–Kier alpha value is -2.95. The first-order valence-corrected chi connectivity index (χ1v) is 10.3. The highest BCUT2D eigenvalue weighted by molar-refractivity contribution is 6.14. The molecule has 5 nitrogen and oxygen atoms in total. The third-order valence-corrected chi connectivity index (χ3v) is 5.23. The van der Waals surface area contributed by atoms with Crippen LogP contribution in [0.2, 0.25) is 0 Å². The molecule has 1 aliphatic carbocycles. The van der Waals surface area contributed by atoms with Crippen molar-refractivity contribution in [2.45, 2.75) is 51.0 Å². The van der Waals surface area contributed by atoms with Gasteiger partial charge in [0.05, 0.1) is 5.56 Å². The molecule has 0 radical (unpaired) electrons. The lowest BCUT2D eigenvalue weighted by molar-refractivity contribution is -0.125. The summed E-state index contributed by atoms with van der Waals surface area (Å²) < 4.78 is 5.21. The molecule has 29 heavy (non-hydrogen) atoms. The second-order valence-corrected chi connectivity index (χ2v) is 7.43. The van der Waals surface area contributed by atoms with E-state index >= 15 is 0 Å². The van der Waals surface area contributed by atoms with Gasteiger partial charge in [-0.2, -0.15) is 0 Å². The van der Waals surface area contributed by atoms with Crippen LogP contribution in [0, 0.1) is 0 Å². The lowest BCUT2D eigenvalue weighted by atomic mass is 9.97. The second kappa shape index (κ2) is 10.6. The Balaban J connectivity index is 1.59. The summed E-state index contributed by atoms with van der Waals surface area (Å²) in [7, 11) is 0. The van der Waals surface area contributed by atoms with Crippen LogP contribution >= 0.6 is 0 Å². The third kappa shape index (κ3) is 6.01. The number of carbonyl (C=O) groups excluding carboxylic acids is 3. The molecule has 1 aliphatic rings. The van der Waals surface area contributed by atoms with Gasteiger partial charge in [0.1, 0.15) is 0 Å². The van der Waals surface area contributed by atoms with Crippen molar-refractivity contribution in [1.29, 1.82) is 0 Å². The van der Waals surface area contributed by atoms with E-state index < -0.39 is 5.97 Å². The van der Waals surface area contributed by atoms with E-state index in [2.05, 4.69) is 5.32 Å². The van der Waals surface area contributed by atoms with Crippen LogP contribution in [-0.2, 0) is 9.53 Å². The average molecular weight is 393 g/mol. The van der Waals surface area contributed by atoms with Crippen LogP contribution in [0.3, 0.4) is 0 Å². The predicted molar refractivity (Wildman–Crippen MR) is 111 cm³/mol. The van der Waals surface area contributed by atoms with Gasteiger partial charge in [0.15, 0.2) is 12.4 Å². The zero-order chi connectivity index (χ0) is 20.5. The highest BCUT2D eigenvalue weighted by atomic mass is 16.5. The summed E-state index contributed by atoms with van der Waals surface area (Å²) in [6, 6.07) is 15.4. The molecule has 1 fully saturated rings. The maximum absolute atomic E-state index is 12.7. The number of nitrogens with one attached hydrogen (secondary N) is 1. The fourth-order valence-electron chi connectivity index (χ4n) is 3.68. The largest absolute Gasteiger partial charge is 0.452 e. The van der Waals surface area contributed by atoms with E-state index in [1.165, 1.54) is 19.3 Å². The summed E-state index contributed by atoms with van der Waals surface area (Å²) in [4.78, 5) is 37.5. The minimum atomic E-state index is -0.669. The first kappa shape index (κ1) is 20.8. The summed E-state index contributed by atoms with van der Waals surface area (Å²) in [6.45, 7) is -0.344. The van der Waals surface area contributed by atoms with Gasteiger partial charge in [0.25, 0.3) is 5.91 Å². The monoisotopic (exact) mass is 393 g/mol. The number of carbonyl (C=O) groups is 3. The zero-order valence-electron chi connectivity index (χ0n) is 16.6. The van der Waals surface area contributed by atoms with Crippen LogP contribution in [0.4, 0.5) is 0 Å². The number of ether oxygens (including phenoxy) is 1. The molecular weight excluding hydrogens is 366 g/mol. The molecule has 1 N–H and O–H groups in total. The summed E-state index contributed by atoms with van der Waals surface area (Å²) >= 11 is 0. The number of amides is 1. The van der Waals surface area contributed by atoms with Crippen LogP contribution in [-0.4, -0.2) is 30.3 Å². The maximum atomic E-state index is 12.7. The van der Waals surface area contributed by atoms with Crippen molar-refractivity contribution in [2.75, 3.05) is 6.61 Å². The van der Waals surface area contributed by atoms with Crippen molar-refractivity contribution < 1.29 is 19.1 Å².